The summed E-state index contributed by atoms with van der Waals surface area (Å²) in [6.45, 7) is 2.06. The Bertz CT molecular complexity index is 560. The summed E-state index contributed by atoms with van der Waals surface area (Å²) in [4.78, 5) is 4.50. The van der Waals surface area contributed by atoms with Crippen LogP contribution in [0, 0.1) is 12.8 Å². The highest BCUT2D eigenvalue weighted by molar-refractivity contribution is 5.55. The van der Waals surface area contributed by atoms with Gasteiger partial charge in [-0.3, -0.25) is 0 Å². The Morgan fingerprint density at radius 2 is 2.26 bits per heavy atom. The molecule has 1 aromatic heterocycles. The number of benzene rings is 1. The van der Waals surface area contributed by atoms with E-state index in [1.54, 1.807) is 0 Å². The van der Waals surface area contributed by atoms with Gasteiger partial charge in [0.05, 0.1) is 0 Å². The summed E-state index contributed by atoms with van der Waals surface area (Å²) in [5, 5.41) is 7.42. The van der Waals surface area contributed by atoms with Crippen molar-refractivity contribution >= 4 is 0 Å². The van der Waals surface area contributed by atoms with Crippen LogP contribution in [0.1, 0.15) is 24.3 Å². The van der Waals surface area contributed by atoms with Gasteiger partial charge in [-0.05, 0) is 38.8 Å². The average molecular weight is 257 g/mol. The molecule has 1 aliphatic rings. The molecule has 1 aromatic carbocycles. The lowest BCUT2D eigenvalue weighted by atomic mass is 10.1. The zero-order valence-electron chi connectivity index (χ0n) is 11.4. The lowest BCUT2D eigenvalue weighted by molar-refractivity contribution is 0.352. The number of aryl methyl sites for hydroxylation is 1. The summed E-state index contributed by atoms with van der Waals surface area (Å²) in [6.07, 6.45) is 3.44. The number of likely N-dealkylation sites (N-methyl/N-ethyl adjacent to an activating group) is 1. The van der Waals surface area contributed by atoms with Crippen LogP contribution in [0.5, 0.6) is 0 Å². The largest absolute Gasteiger partial charge is 0.339 e. The molecule has 1 unspecified atom stereocenters. The van der Waals surface area contributed by atoms with Gasteiger partial charge in [0, 0.05) is 18.0 Å². The van der Waals surface area contributed by atoms with E-state index in [0.29, 0.717) is 11.9 Å². The molecule has 1 aliphatic carbocycles. The predicted molar refractivity (Wildman–Crippen MR) is 73.7 cm³/mol. The number of nitrogens with one attached hydrogen (secondary N) is 1. The van der Waals surface area contributed by atoms with E-state index in [4.69, 9.17) is 4.52 Å². The monoisotopic (exact) mass is 257 g/mol. The van der Waals surface area contributed by atoms with Crippen LogP contribution in [0.3, 0.4) is 0 Å². The molecule has 0 amide bonds. The third-order valence-electron chi connectivity index (χ3n) is 3.70. The first-order chi connectivity index (χ1) is 9.26. The molecule has 4 nitrogen and oxygen atoms in total. The third kappa shape index (κ3) is 2.84. The van der Waals surface area contributed by atoms with Gasteiger partial charge < -0.3 is 9.84 Å². The van der Waals surface area contributed by atoms with Crippen molar-refractivity contribution in [1.82, 2.24) is 15.5 Å². The minimum Gasteiger partial charge on any atom is -0.339 e. The quantitative estimate of drug-likeness (QED) is 0.894. The second kappa shape index (κ2) is 5.13. The number of hydrogen-bond donors (Lipinski definition) is 1. The molecular formula is C15H19N3O. The van der Waals surface area contributed by atoms with Crippen LogP contribution in [-0.2, 0) is 6.42 Å². The molecule has 1 N–H and O–H groups in total. The van der Waals surface area contributed by atoms with E-state index in [9.17, 15) is 0 Å². The fraction of sp³-hybridized carbons (Fsp3) is 0.467. The molecule has 1 atom stereocenters. The number of hydrogen-bond acceptors (Lipinski definition) is 4. The molecule has 0 bridgehead atoms. The number of aromatic nitrogens is 2. The molecule has 1 fully saturated rings. The zero-order valence-corrected chi connectivity index (χ0v) is 11.4. The Balaban J connectivity index is 1.75. The van der Waals surface area contributed by atoms with E-state index < -0.39 is 0 Å². The average Bonchev–Trinajstić information content (AvgIpc) is 3.15. The third-order valence-corrected chi connectivity index (χ3v) is 3.70. The topological polar surface area (TPSA) is 51.0 Å². The minimum atomic E-state index is 0.464. The lowest BCUT2D eigenvalue weighted by Crippen LogP contribution is -2.29. The van der Waals surface area contributed by atoms with Crippen molar-refractivity contribution in [2.24, 2.45) is 5.92 Å². The van der Waals surface area contributed by atoms with Crippen LogP contribution < -0.4 is 5.32 Å². The van der Waals surface area contributed by atoms with Crippen molar-refractivity contribution in [3.8, 4) is 11.4 Å². The molecule has 0 aliphatic heterocycles. The second-order valence-electron chi connectivity index (χ2n) is 5.32. The molecule has 2 aromatic rings. The van der Waals surface area contributed by atoms with E-state index in [1.165, 1.54) is 18.4 Å². The second-order valence-corrected chi connectivity index (χ2v) is 5.32. The summed E-state index contributed by atoms with van der Waals surface area (Å²) >= 11 is 0. The smallest absolute Gasteiger partial charge is 0.228 e. The summed E-state index contributed by atoms with van der Waals surface area (Å²) in [5.41, 5.74) is 2.22. The van der Waals surface area contributed by atoms with Gasteiger partial charge in [0.25, 0.3) is 0 Å². The molecule has 0 saturated heterocycles. The zero-order chi connectivity index (χ0) is 13.2. The maximum Gasteiger partial charge on any atom is 0.228 e. The molecule has 4 heteroatoms. The van der Waals surface area contributed by atoms with Crippen molar-refractivity contribution in [3.63, 3.8) is 0 Å². The van der Waals surface area contributed by atoms with Gasteiger partial charge in [-0.25, -0.2) is 0 Å². The standard InChI is InChI=1S/C15H19N3O/c1-10-4-3-5-12(8-10)15-17-14(19-18-15)9-13(16-2)11-6-7-11/h3-5,8,11,13,16H,6-7,9H2,1-2H3. The molecule has 100 valence electrons. The fourth-order valence-corrected chi connectivity index (χ4v) is 2.43. The first kappa shape index (κ1) is 12.4. The van der Waals surface area contributed by atoms with E-state index in [2.05, 4.69) is 34.5 Å². The Labute approximate surface area is 113 Å². The Kier molecular flexibility index (Phi) is 3.34. The molecule has 3 rings (SSSR count). The molecule has 1 saturated carbocycles. The van der Waals surface area contributed by atoms with Gasteiger partial charge in [0.2, 0.25) is 11.7 Å². The molecule has 0 radical (unpaired) electrons. The van der Waals surface area contributed by atoms with Gasteiger partial charge >= 0.3 is 0 Å². The fourth-order valence-electron chi connectivity index (χ4n) is 2.43. The van der Waals surface area contributed by atoms with Gasteiger partial charge in [-0.2, -0.15) is 4.98 Å². The first-order valence-electron chi connectivity index (χ1n) is 6.83. The van der Waals surface area contributed by atoms with Crippen molar-refractivity contribution in [2.45, 2.75) is 32.2 Å². The van der Waals surface area contributed by atoms with Crippen LogP contribution in [0.4, 0.5) is 0 Å². The molecule has 0 spiro atoms. The first-order valence-corrected chi connectivity index (χ1v) is 6.83. The van der Waals surface area contributed by atoms with Gasteiger partial charge in [-0.15, -0.1) is 0 Å². The van der Waals surface area contributed by atoms with Gasteiger partial charge in [0.1, 0.15) is 0 Å². The minimum absolute atomic E-state index is 0.464. The van der Waals surface area contributed by atoms with Crippen molar-refractivity contribution < 1.29 is 4.52 Å². The summed E-state index contributed by atoms with van der Waals surface area (Å²) in [6, 6.07) is 8.63. The van der Waals surface area contributed by atoms with E-state index in [-0.39, 0.29) is 0 Å². The molecule has 1 heterocycles. The highest BCUT2D eigenvalue weighted by atomic mass is 16.5. The van der Waals surface area contributed by atoms with E-state index in [1.807, 2.05) is 19.2 Å². The number of nitrogens with zero attached hydrogens (tertiary/aromatic N) is 2. The maximum absolute atomic E-state index is 5.37. The van der Waals surface area contributed by atoms with E-state index in [0.717, 1.165) is 23.8 Å². The van der Waals surface area contributed by atoms with Crippen molar-refractivity contribution in [1.29, 1.82) is 0 Å². The Morgan fingerprint density at radius 1 is 1.42 bits per heavy atom. The molecular weight excluding hydrogens is 238 g/mol. The normalized spacial score (nSPS) is 16.5. The number of rotatable bonds is 5. The van der Waals surface area contributed by atoms with Crippen LogP contribution in [0.25, 0.3) is 11.4 Å². The van der Waals surface area contributed by atoms with Crippen LogP contribution in [-0.4, -0.2) is 23.2 Å². The van der Waals surface area contributed by atoms with Crippen LogP contribution in [0.15, 0.2) is 28.8 Å². The maximum atomic E-state index is 5.37. The summed E-state index contributed by atoms with van der Waals surface area (Å²) < 4.78 is 5.37. The van der Waals surface area contributed by atoms with E-state index >= 15 is 0 Å². The summed E-state index contributed by atoms with van der Waals surface area (Å²) in [5.74, 6) is 2.19. The highest BCUT2D eigenvalue weighted by Gasteiger charge is 2.31. The summed E-state index contributed by atoms with van der Waals surface area (Å²) in [7, 11) is 2.00. The Hall–Kier alpha value is -1.68. The highest BCUT2D eigenvalue weighted by Crippen LogP contribution is 2.33. The molecule has 19 heavy (non-hydrogen) atoms. The van der Waals surface area contributed by atoms with Crippen LogP contribution in [0.2, 0.25) is 0 Å². The predicted octanol–water partition coefficient (Wildman–Crippen LogP) is 2.59. The lowest BCUT2D eigenvalue weighted by Gasteiger charge is -2.11. The SMILES string of the molecule is CNC(Cc1nc(-c2cccc(C)c2)no1)C1CC1. The van der Waals surface area contributed by atoms with Crippen LogP contribution >= 0.6 is 0 Å². The van der Waals surface area contributed by atoms with Crippen molar-refractivity contribution in [2.75, 3.05) is 7.05 Å². The van der Waals surface area contributed by atoms with Gasteiger partial charge in [-0.1, -0.05) is 28.9 Å². The van der Waals surface area contributed by atoms with Gasteiger partial charge in [0.15, 0.2) is 0 Å². The Morgan fingerprint density at radius 3 is 2.95 bits per heavy atom. The van der Waals surface area contributed by atoms with Crippen molar-refractivity contribution in [3.05, 3.63) is 35.7 Å².